The summed E-state index contributed by atoms with van der Waals surface area (Å²) >= 11 is 3.42. The van der Waals surface area contributed by atoms with Crippen LogP contribution in [0.2, 0.25) is 0 Å². The molecule has 0 spiro atoms. The SMILES string of the molecule is CCCCCCCCBr.Cn1ccnc1. The van der Waals surface area contributed by atoms with Crippen LogP contribution in [0.1, 0.15) is 45.4 Å². The van der Waals surface area contributed by atoms with E-state index in [2.05, 4.69) is 27.8 Å². The Morgan fingerprint density at radius 3 is 2.20 bits per heavy atom. The summed E-state index contributed by atoms with van der Waals surface area (Å²) in [5.74, 6) is 0. The summed E-state index contributed by atoms with van der Waals surface area (Å²) in [7, 11) is 1.94. The van der Waals surface area contributed by atoms with Crippen LogP contribution in [0.4, 0.5) is 0 Å². The van der Waals surface area contributed by atoms with Crippen LogP contribution in [0.3, 0.4) is 0 Å². The van der Waals surface area contributed by atoms with Gasteiger partial charge in [0.15, 0.2) is 0 Å². The maximum atomic E-state index is 3.78. The van der Waals surface area contributed by atoms with Gasteiger partial charge in [0, 0.05) is 24.8 Å². The maximum absolute atomic E-state index is 3.78. The van der Waals surface area contributed by atoms with Crippen molar-refractivity contribution >= 4 is 15.9 Å². The van der Waals surface area contributed by atoms with Gasteiger partial charge in [-0.3, -0.25) is 0 Å². The number of imidazole rings is 1. The van der Waals surface area contributed by atoms with Gasteiger partial charge in [0.1, 0.15) is 0 Å². The molecule has 1 aromatic rings. The molecule has 0 atom stereocenters. The van der Waals surface area contributed by atoms with Crippen molar-refractivity contribution in [3.05, 3.63) is 18.7 Å². The average molecular weight is 275 g/mol. The molecule has 0 aliphatic rings. The molecule has 1 rings (SSSR count). The first-order valence-electron chi connectivity index (χ1n) is 5.79. The van der Waals surface area contributed by atoms with Crippen LogP contribution in [0.5, 0.6) is 0 Å². The fourth-order valence-corrected chi connectivity index (χ4v) is 1.60. The molecule has 1 heterocycles. The predicted octanol–water partition coefficient (Wildman–Crippen LogP) is 4.16. The van der Waals surface area contributed by atoms with Crippen molar-refractivity contribution in [3.8, 4) is 0 Å². The van der Waals surface area contributed by atoms with Gasteiger partial charge in [-0.15, -0.1) is 0 Å². The Morgan fingerprint density at radius 1 is 1.13 bits per heavy atom. The number of hydrogen-bond donors (Lipinski definition) is 0. The van der Waals surface area contributed by atoms with Gasteiger partial charge in [0.2, 0.25) is 0 Å². The molecule has 0 bridgehead atoms. The Labute approximate surface area is 102 Å². The fourth-order valence-electron chi connectivity index (χ4n) is 1.20. The highest BCUT2D eigenvalue weighted by atomic mass is 79.9. The third-order valence-electron chi connectivity index (χ3n) is 2.12. The summed E-state index contributed by atoms with van der Waals surface area (Å²) in [6.07, 6.45) is 13.8. The molecular formula is C12H23BrN2. The normalized spacial score (nSPS) is 9.53. The molecule has 0 aliphatic carbocycles. The molecule has 1 aromatic heterocycles. The van der Waals surface area contributed by atoms with Crippen molar-refractivity contribution < 1.29 is 0 Å². The van der Waals surface area contributed by atoms with Gasteiger partial charge in [-0.1, -0.05) is 55.0 Å². The molecule has 0 radical (unpaired) electrons. The van der Waals surface area contributed by atoms with Crippen molar-refractivity contribution in [2.45, 2.75) is 45.4 Å². The summed E-state index contributed by atoms with van der Waals surface area (Å²) in [4.78, 5) is 3.78. The van der Waals surface area contributed by atoms with Crippen LogP contribution in [0.25, 0.3) is 0 Å². The van der Waals surface area contributed by atoms with E-state index in [0.717, 1.165) is 0 Å². The van der Waals surface area contributed by atoms with Crippen LogP contribution < -0.4 is 0 Å². The average Bonchev–Trinajstić information content (AvgIpc) is 2.70. The van der Waals surface area contributed by atoms with E-state index in [9.17, 15) is 0 Å². The second-order valence-electron chi connectivity index (χ2n) is 3.68. The summed E-state index contributed by atoms with van der Waals surface area (Å²) in [5, 5.41) is 1.18. The van der Waals surface area contributed by atoms with Crippen LogP contribution in [0.15, 0.2) is 18.7 Å². The molecule has 0 aliphatic heterocycles. The first-order chi connectivity index (χ1) is 7.31. The summed E-state index contributed by atoms with van der Waals surface area (Å²) in [6.45, 7) is 2.25. The molecule has 0 fully saturated rings. The van der Waals surface area contributed by atoms with Crippen LogP contribution in [-0.2, 0) is 7.05 Å². The van der Waals surface area contributed by atoms with Gasteiger partial charge in [-0.25, -0.2) is 4.98 Å². The third-order valence-corrected chi connectivity index (χ3v) is 2.68. The highest BCUT2D eigenvalue weighted by Gasteiger charge is 1.86. The molecule has 88 valence electrons. The lowest BCUT2D eigenvalue weighted by atomic mass is 10.1. The van der Waals surface area contributed by atoms with Crippen molar-refractivity contribution in [2.24, 2.45) is 7.05 Å². The first kappa shape index (κ1) is 14.7. The molecule has 2 nitrogen and oxygen atoms in total. The van der Waals surface area contributed by atoms with Crippen LogP contribution in [0, 0.1) is 0 Å². The number of nitrogens with zero attached hydrogens (tertiary/aromatic N) is 2. The Balaban J connectivity index is 0.000000280. The van der Waals surface area contributed by atoms with E-state index in [1.54, 1.807) is 12.5 Å². The van der Waals surface area contributed by atoms with Crippen LogP contribution in [-0.4, -0.2) is 14.9 Å². The lowest BCUT2D eigenvalue weighted by molar-refractivity contribution is 0.628. The molecule has 0 saturated carbocycles. The van der Waals surface area contributed by atoms with Gasteiger partial charge in [-0.2, -0.15) is 0 Å². The van der Waals surface area contributed by atoms with Crippen molar-refractivity contribution in [2.75, 3.05) is 5.33 Å². The minimum Gasteiger partial charge on any atom is -0.341 e. The van der Waals surface area contributed by atoms with Crippen LogP contribution >= 0.6 is 15.9 Å². The monoisotopic (exact) mass is 274 g/mol. The largest absolute Gasteiger partial charge is 0.341 e. The Morgan fingerprint density at radius 2 is 1.80 bits per heavy atom. The zero-order chi connectivity index (χ0) is 11.4. The van der Waals surface area contributed by atoms with E-state index >= 15 is 0 Å². The zero-order valence-electron chi connectivity index (χ0n) is 9.95. The summed E-state index contributed by atoms with van der Waals surface area (Å²) in [5.41, 5.74) is 0. The van der Waals surface area contributed by atoms with Crippen molar-refractivity contribution in [1.82, 2.24) is 9.55 Å². The highest BCUT2D eigenvalue weighted by Crippen LogP contribution is 2.05. The number of halogens is 1. The van der Waals surface area contributed by atoms with E-state index in [-0.39, 0.29) is 0 Å². The van der Waals surface area contributed by atoms with Crippen molar-refractivity contribution in [1.29, 1.82) is 0 Å². The van der Waals surface area contributed by atoms with E-state index < -0.39 is 0 Å². The van der Waals surface area contributed by atoms with Gasteiger partial charge in [-0.05, 0) is 6.42 Å². The lowest BCUT2D eigenvalue weighted by Crippen LogP contribution is -1.78. The zero-order valence-corrected chi connectivity index (χ0v) is 11.5. The number of hydrogen-bond acceptors (Lipinski definition) is 1. The third kappa shape index (κ3) is 11.6. The molecular weight excluding hydrogens is 252 g/mol. The van der Waals surface area contributed by atoms with E-state index in [0.29, 0.717) is 0 Å². The van der Waals surface area contributed by atoms with E-state index in [4.69, 9.17) is 0 Å². The number of unbranched alkanes of at least 4 members (excludes halogenated alkanes) is 5. The van der Waals surface area contributed by atoms with Gasteiger partial charge < -0.3 is 4.57 Å². The van der Waals surface area contributed by atoms with E-state index in [1.165, 1.54) is 43.9 Å². The Hall–Kier alpha value is -0.310. The maximum Gasteiger partial charge on any atom is 0.0943 e. The second kappa shape index (κ2) is 11.8. The summed E-state index contributed by atoms with van der Waals surface area (Å²) in [6, 6.07) is 0. The Kier molecular flexibility index (Phi) is 11.5. The van der Waals surface area contributed by atoms with Gasteiger partial charge >= 0.3 is 0 Å². The fraction of sp³-hybridized carbons (Fsp3) is 0.750. The first-order valence-corrected chi connectivity index (χ1v) is 6.91. The minimum absolute atomic E-state index is 1.18. The number of alkyl halides is 1. The van der Waals surface area contributed by atoms with E-state index in [1.807, 2.05) is 17.8 Å². The second-order valence-corrected chi connectivity index (χ2v) is 4.48. The summed E-state index contributed by atoms with van der Waals surface area (Å²) < 4.78 is 1.89. The van der Waals surface area contributed by atoms with Gasteiger partial charge in [0.25, 0.3) is 0 Å². The molecule has 0 N–H and O–H groups in total. The lowest BCUT2D eigenvalue weighted by Gasteiger charge is -1.95. The van der Waals surface area contributed by atoms with Gasteiger partial charge in [0.05, 0.1) is 6.33 Å². The Bertz CT molecular complexity index is 191. The molecule has 0 saturated heterocycles. The highest BCUT2D eigenvalue weighted by molar-refractivity contribution is 9.09. The van der Waals surface area contributed by atoms with Crippen molar-refractivity contribution in [3.63, 3.8) is 0 Å². The standard InChI is InChI=1S/C8H17Br.C4H6N2/c1-2-3-4-5-6-7-8-9;1-6-3-2-5-4-6/h2-8H2,1H3;2-4H,1H3. The molecule has 0 unspecified atom stereocenters. The topological polar surface area (TPSA) is 17.8 Å². The number of aryl methyl sites for hydroxylation is 1. The number of aromatic nitrogens is 2. The molecule has 3 heteroatoms. The predicted molar refractivity (Wildman–Crippen MR) is 70.4 cm³/mol. The smallest absolute Gasteiger partial charge is 0.0943 e. The number of rotatable bonds is 6. The minimum atomic E-state index is 1.18. The molecule has 0 aromatic carbocycles. The quantitative estimate of drug-likeness (QED) is 0.563. The molecule has 15 heavy (non-hydrogen) atoms. The molecule has 0 amide bonds.